The number of amides is 2. The Morgan fingerprint density at radius 3 is 2.54 bits per heavy atom. The highest BCUT2D eigenvalue weighted by Crippen LogP contribution is 2.62. The summed E-state index contributed by atoms with van der Waals surface area (Å²) >= 11 is 0. The number of para-hydroxylation sites is 1. The second-order valence-corrected chi connectivity index (χ2v) is 10.3. The van der Waals surface area contributed by atoms with Crippen LogP contribution in [0.2, 0.25) is 0 Å². The summed E-state index contributed by atoms with van der Waals surface area (Å²) in [6.45, 7) is 2.22. The number of benzene rings is 3. The van der Waals surface area contributed by atoms with Crippen molar-refractivity contribution in [2.45, 2.75) is 37.4 Å². The Balaban J connectivity index is 1.21. The van der Waals surface area contributed by atoms with Crippen molar-refractivity contribution in [2.75, 3.05) is 11.5 Å². The normalized spacial score (nSPS) is 28.3. The predicted molar refractivity (Wildman–Crippen MR) is 134 cm³/mol. The third-order valence-corrected chi connectivity index (χ3v) is 8.38. The summed E-state index contributed by atoms with van der Waals surface area (Å²) in [6, 6.07) is 20.4. The molecule has 184 valence electrons. The Morgan fingerprint density at radius 2 is 1.73 bits per heavy atom. The van der Waals surface area contributed by atoms with Crippen LogP contribution in [0, 0.1) is 23.2 Å². The first-order valence-electron chi connectivity index (χ1n) is 12.4. The molecule has 2 bridgehead atoms. The van der Waals surface area contributed by atoms with Crippen molar-refractivity contribution in [3.63, 3.8) is 0 Å². The maximum atomic E-state index is 14.0. The molecule has 0 saturated carbocycles. The maximum Gasteiger partial charge on any atom is 0.262 e. The van der Waals surface area contributed by atoms with Gasteiger partial charge in [0.15, 0.2) is 5.58 Å². The van der Waals surface area contributed by atoms with Crippen LogP contribution in [0.25, 0.3) is 21.7 Å². The minimum atomic E-state index is -0.789. The van der Waals surface area contributed by atoms with Crippen LogP contribution in [0.3, 0.4) is 0 Å². The molecular formula is C29H23N3O5. The Hall–Kier alpha value is -4.22. The van der Waals surface area contributed by atoms with Crippen LogP contribution in [0.15, 0.2) is 65.2 Å². The molecule has 3 aromatic carbocycles. The van der Waals surface area contributed by atoms with Gasteiger partial charge in [-0.25, -0.2) is 4.90 Å². The molecule has 3 aliphatic heterocycles. The predicted octanol–water partition coefficient (Wildman–Crippen LogP) is 4.75. The smallest absolute Gasteiger partial charge is 0.262 e. The number of nitriles is 1. The second-order valence-electron chi connectivity index (χ2n) is 10.3. The first kappa shape index (κ1) is 22.0. The molecule has 2 amide bonds. The van der Waals surface area contributed by atoms with Gasteiger partial charge in [-0.2, -0.15) is 5.26 Å². The standard InChI is InChI=1S/C29H23N3O5/c1-28-12-13-29(37-28,14-15-35-25-20-8-4-5-9-22(20)36-31-25)24-23(28)26(33)32(27(24)34)21-11-10-17(16-30)18-6-2-3-7-19(18)21/h2-11,23-24H,12-15H2,1H3/t23-,24+,28-,29-/m0/s1. The average Bonchev–Trinajstić information content (AvgIpc) is 3.62. The topological polar surface area (TPSA) is 106 Å². The van der Waals surface area contributed by atoms with Gasteiger partial charge in [0.2, 0.25) is 11.8 Å². The Bertz CT molecular complexity index is 1650. The Kier molecular flexibility index (Phi) is 4.55. The van der Waals surface area contributed by atoms with E-state index < -0.39 is 23.0 Å². The number of nitrogens with zero attached hydrogens (tertiary/aromatic N) is 3. The fraction of sp³-hybridized carbons (Fsp3) is 0.310. The number of hydrogen-bond donors (Lipinski definition) is 0. The van der Waals surface area contributed by atoms with Crippen LogP contribution < -0.4 is 9.64 Å². The molecule has 0 N–H and O–H groups in total. The molecule has 4 aromatic rings. The van der Waals surface area contributed by atoms with Gasteiger partial charge in [0.25, 0.3) is 5.88 Å². The van der Waals surface area contributed by atoms with Gasteiger partial charge in [-0.05, 0) is 49.2 Å². The minimum absolute atomic E-state index is 0.239. The Morgan fingerprint density at radius 1 is 1.00 bits per heavy atom. The molecule has 8 heteroatoms. The maximum absolute atomic E-state index is 14.0. The number of anilines is 1. The van der Waals surface area contributed by atoms with Gasteiger partial charge in [0, 0.05) is 17.2 Å². The molecule has 0 spiro atoms. The summed E-state index contributed by atoms with van der Waals surface area (Å²) in [5, 5.41) is 15.8. The van der Waals surface area contributed by atoms with Gasteiger partial charge in [-0.15, -0.1) is 0 Å². The van der Waals surface area contributed by atoms with Gasteiger partial charge in [-0.1, -0.05) is 36.4 Å². The zero-order chi connectivity index (χ0) is 25.4. The highest BCUT2D eigenvalue weighted by Gasteiger charge is 2.73. The molecule has 3 aliphatic rings. The average molecular weight is 494 g/mol. The van der Waals surface area contributed by atoms with E-state index in [0.717, 1.165) is 5.39 Å². The number of carbonyl (C=O) groups excluding carboxylic acids is 2. The third kappa shape index (κ3) is 2.95. The molecule has 4 heterocycles. The van der Waals surface area contributed by atoms with Crippen LogP contribution >= 0.6 is 0 Å². The number of ether oxygens (including phenoxy) is 2. The van der Waals surface area contributed by atoms with E-state index in [2.05, 4.69) is 11.2 Å². The summed E-state index contributed by atoms with van der Waals surface area (Å²) in [5.74, 6) is -1.24. The zero-order valence-corrected chi connectivity index (χ0v) is 20.1. The van der Waals surface area contributed by atoms with Crippen LogP contribution in [-0.4, -0.2) is 34.8 Å². The van der Waals surface area contributed by atoms with Gasteiger partial charge in [0.05, 0.1) is 52.4 Å². The fourth-order valence-electron chi connectivity index (χ4n) is 6.71. The molecule has 3 saturated heterocycles. The molecule has 7 rings (SSSR count). The first-order chi connectivity index (χ1) is 18.0. The van der Waals surface area contributed by atoms with Crippen molar-refractivity contribution in [1.82, 2.24) is 5.16 Å². The SMILES string of the molecule is C[C@@]12CC[C@@](CCOc3noc4ccccc34)(O1)[C@H]1C(=O)N(c3ccc(C#N)c4ccccc34)C(=O)[C@H]12. The van der Waals surface area contributed by atoms with E-state index in [1.165, 1.54) is 4.90 Å². The molecule has 1 aromatic heterocycles. The van der Waals surface area contributed by atoms with Gasteiger partial charge in [0.1, 0.15) is 0 Å². The number of rotatable bonds is 5. The molecule has 0 aliphatic carbocycles. The lowest BCUT2D eigenvalue weighted by Crippen LogP contribution is -2.43. The summed E-state index contributed by atoms with van der Waals surface area (Å²) < 4.78 is 17.8. The van der Waals surface area contributed by atoms with Crippen molar-refractivity contribution in [2.24, 2.45) is 11.8 Å². The largest absolute Gasteiger partial charge is 0.475 e. The molecule has 3 fully saturated rings. The van der Waals surface area contributed by atoms with Crippen LogP contribution in [0.1, 0.15) is 31.7 Å². The van der Waals surface area contributed by atoms with Gasteiger partial charge < -0.3 is 14.0 Å². The van der Waals surface area contributed by atoms with E-state index in [1.807, 2.05) is 55.5 Å². The lowest BCUT2D eigenvalue weighted by atomic mass is 9.67. The van der Waals surface area contributed by atoms with Gasteiger partial charge >= 0.3 is 0 Å². The second kappa shape index (κ2) is 7.64. The van der Waals surface area contributed by atoms with Crippen molar-refractivity contribution in [3.8, 4) is 11.9 Å². The summed E-state index contributed by atoms with van der Waals surface area (Å²) in [6.07, 6.45) is 1.82. The van der Waals surface area contributed by atoms with Crippen molar-refractivity contribution < 1.29 is 23.6 Å². The molecule has 37 heavy (non-hydrogen) atoms. The minimum Gasteiger partial charge on any atom is -0.475 e. The van der Waals surface area contributed by atoms with Crippen LogP contribution in [-0.2, 0) is 14.3 Å². The number of hydrogen-bond acceptors (Lipinski definition) is 7. The lowest BCUT2D eigenvalue weighted by Gasteiger charge is -2.31. The molecule has 8 nitrogen and oxygen atoms in total. The Labute approximate surface area is 212 Å². The van der Waals surface area contributed by atoms with Crippen LogP contribution in [0.4, 0.5) is 5.69 Å². The molecule has 4 atom stereocenters. The fourth-order valence-corrected chi connectivity index (χ4v) is 6.71. The quantitative estimate of drug-likeness (QED) is 0.370. The van der Waals surface area contributed by atoms with Crippen molar-refractivity contribution >= 4 is 39.2 Å². The van der Waals surface area contributed by atoms with E-state index in [4.69, 9.17) is 14.0 Å². The van der Waals surface area contributed by atoms with E-state index in [9.17, 15) is 14.9 Å². The number of imide groups is 1. The summed E-state index contributed by atoms with van der Waals surface area (Å²) in [7, 11) is 0. The highest BCUT2D eigenvalue weighted by molar-refractivity contribution is 6.26. The first-order valence-corrected chi connectivity index (χ1v) is 12.4. The summed E-state index contributed by atoms with van der Waals surface area (Å²) in [5.41, 5.74) is 0.159. The van der Waals surface area contributed by atoms with Crippen molar-refractivity contribution in [3.05, 3.63) is 66.2 Å². The van der Waals surface area contributed by atoms with Crippen LogP contribution in [0.5, 0.6) is 5.88 Å². The van der Waals surface area contributed by atoms with E-state index in [0.29, 0.717) is 52.7 Å². The number of fused-ring (bicyclic) bond motifs is 7. The number of carbonyl (C=O) groups is 2. The third-order valence-electron chi connectivity index (χ3n) is 8.38. The summed E-state index contributed by atoms with van der Waals surface area (Å²) in [4.78, 5) is 29.2. The number of aromatic nitrogens is 1. The molecule has 0 unspecified atom stereocenters. The molecular weight excluding hydrogens is 470 g/mol. The van der Waals surface area contributed by atoms with E-state index in [1.54, 1.807) is 12.1 Å². The lowest BCUT2D eigenvalue weighted by molar-refractivity contribution is -0.131. The van der Waals surface area contributed by atoms with E-state index in [-0.39, 0.29) is 18.4 Å². The highest BCUT2D eigenvalue weighted by atomic mass is 16.6. The van der Waals surface area contributed by atoms with E-state index >= 15 is 0 Å². The molecule has 0 radical (unpaired) electrons. The monoisotopic (exact) mass is 493 g/mol. The van der Waals surface area contributed by atoms with Gasteiger partial charge in [-0.3, -0.25) is 9.59 Å². The zero-order valence-electron chi connectivity index (χ0n) is 20.1. The van der Waals surface area contributed by atoms with Crippen molar-refractivity contribution in [1.29, 1.82) is 5.26 Å².